The predicted octanol–water partition coefficient (Wildman–Crippen LogP) is 0.773. The van der Waals surface area contributed by atoms with Crippen molar-refractivity contribution in [1.82, 2.24) is 34.6 Å². The molecular formula is C23H31N9O2S. The van der Waals surface area contributed by atoms with Gasteiger partial charge in [0.05, 0.1) is 35.5 Å². The summed E-state index contributed by atoms with van der Waals surface area (Å²) in [5.41, 5.74) is 7.35. The van der Waals surface area contributed by atoms with Gasteiger partial charge in [-0.3, -0.25) is 14.6 Å². The number of morpholine rings is 1. The van der Waals surface area contributed by atoms with Crippen molar-refractivity contribution in [3.8, 4) is 11.4 Å². The summed E-state index contributed by atoms with van der Waals surface area (Å²) in [5.74, 6) is 1.92. The molecule has 0 unspecified atom stereocenters. The van der Waals surface area contributed by atoms with Crippen molar-refractivity contribution in [2.75, 3.05) is 83.8 Å². The largest absolute Gasteiger partial charge is 0.378 e. The lowest BCUT2D eigenvalue weighted by molar-refractivity contribution is -0.130. The summed E-state index contributed by atoms with van der Waals surface area (Å²) < 4.78 is 6.66. The molecule has 0 saturated carbocycles. The monoisotopic (exact) mass is 497 g/mol. The third-order valence-electron chi connectivity index (χ3n) is 6.35. The summed E-state index contributed by atoms with van der Waals surface area (Å²) in [6, 6.07) is 2.18. The molecule has 0 aliphatic carbocycles. The van der Waals surface area contributed by atoms with Crippen molar-refractivity contribution in [3.63, 3.8) is 0 Å². The van der Waals surface area contributed by atoms with Crippen molar-refractivity contribution in [3.05, 3.63) is 23.3 Å². The van der Waals surface area contributed by atoms with Crippen LogP contribution in [0.3, 0.4) is 0 Å². The van der Waals surface area contributed by atoms with E-state index >= 15 is 0 Å². The van der Waals surface area contributed by atoms with E-state index in [0.717, 1.165) is 67.4 Å². The average Bonchev–Trinajstić information content (AvgIpc) is 3.28. The number of amides is 1. The molecule has 2 N–H and O–H groups in total. The van der Waals surface area contributed by atoms with Crippen molar-refractivity contribution >= 4 is 39.2 Å². The van der Waals surface area contributed by atoms with Crippen molar-refractivity contribution in [1.29, 1.82) is 0 Å². The Bertz CT molecular complexity index is 1170. The Labute approximate surface area is 208 Å². The lowest BCUT2D eigenvalue weighted by Crippen LogP contribution is -2.48. The van der Waals surface area contributed by atoms with E-state index in [0.29, 0.717) is 25.6 Å². The summed E-state index contributed by atoms with van der Waals surface area (Å²) in [6.07, 6.45) is 3.33. The van der Waals surface area contributed by atoms with Crippen LogP contribution in [-0.2, 0) is 16.1 Å². The molecule has 186 valence electrons. The van der Waals surface area contributed by atoms with Gasteiger partial charge in [0.1, 0.15) is 0 Å². The summed E-state index contributed by atoms with van der Waals surface area (Å²) in [6.45, 7) is 7.97. The maximum atomic E-state index is 12.0. The highest BCUT2D eigenvalue weighted by molar-refractivity contribution is 7.19. The van der Waals surface area contributed by atoms with E-state index in [2.05, 4.69) is 30.7 Å². The molecule has 2 saturated heterocycles. The van der Waals surface area contributed by atoms with Gasteiger partial charge < -0.3 is 20.3 Å². The van der Waals surface area contributed by atoms with Gasteiger partial charge in [0.25, 0.3) is 0 Å². The molecule has 11 nitrogen and oxygen atoms in total. The molecule has 12 heteroatoms. The zero-order valence-electron chi connectivity index (χ0n) is 20.2. The van der Waals surface area contributed by atoms with Crippen LogP contribution < -0.4 is 10.6 Å². The minimum absolute atomic E-state index is 0.152. The molecule has 0 spiro atoms. The molecule has 5 rings (SSSR count). The molecule has 3 aromatic heterocycles. The summed E-state index contributed by atoms with van der Waals surface area (Å²) in [4.78, 5) is 39.9. The molecule has 0 radical (unpaired) electrons. The first-order valence-corrected chi connectivity index (χ1v) is 12.6. The van der Waals surface area contributed by atoms with Crippen LogP contribution in [0, 0.1) is 0 Å². The Kier molecular flexibility index (Phi) is 7.04. The quantitative estimate of drug-likeness (QED) is 0.523. The molecule has 1 amide bonds. The van der Waals surface area contributed by atoms with Crippen LogP contribution in [0.1, 0.15) is 4.88 Å². The van der Waals surface area contributed by atoms with Crippen LogP contribution in [0.4, 0.5) is 11.8 Å². The number of carbonyl (C=O) groups excluding carboxylic acids is 1. The van der Waals surface area contributed by atoms with Gasteiger partial charge in [0, 0.05) is 77.2 Å². The highest BCUT2D eigenvalue weighted by Crippen LogP contribution is 2.35. The molecule has 0 bridgehead atoms. The average molecular weight is 498 g/mol. The lowest BCUT2D eigenvalue weighted by atomic mass is 10.2. The van der Waals surface area contributed by atoms with Gasteiger partial charge in [0.2, 0.25) is 11.9 Å². The van der Waals surface area contributed by atoms with E-state index in [4.69, 9.17) is 20.4 Å². The molecule has 3 aromatic rings. The third kappa shape index (κ3) is 5.50. The number of fused-ring (bicyclic) bond motifs is 1. The van der Waals surface area contributed by atoms with Crippen LogP contribution in [0.25, 0.3) is 21.6 Å². The number of aromatic nitrogens is 4. The molecule has 0 atom stereocenters. The van der Waals surface area contributed by atoms with Gasteiger partial charge in [-0.1, -0.05) is 0 Å². The number of carbonyl (C=O) groups is 1. The Morgan fingerprint density at radius 2 is 1.74 bits per heavy atom. The zero-order chi connectivity index (χ0) is 24.4. The summed E-state index contributed by atoms with van der Waals surface area (Å²) in [7, 11) is 3.61. The third-order valence-corrected chi connectivity index (χ3v) is 7.45. The van der Waals surface area contributed by atoms with E-state index in [-0.39, 0.29) is 11.9 Å². The molecule has 2 aliphatic rings. The Balaban J connectivity index is 1.36. The fourth-order valence-corrected chi connectivity index (χ4v) is 5.43. The minimum atomic E-state index is 0.152. The number of piperazine rings is 1. The molecule has 2 aliphatic heterocycles. The normalized spacial score (nSPS) is 17.7. The fraction of sp³-hybridized carbons (Fsp3) is 0.522. The number of hydrogen-bond acceptors (Lipinski definition) is 11. The van der Waals surface area contributed by atoms with E-state index in [1.54, 1.807) is 42.7 Å². The van der Waals surface area contributed by atoms with Gasteiger partial charge in [0.15, 0.2) is 11.6 Å². The number of nitrogens with zero attached hydrogens (tertiary/aromatic N) is 8. The molecular weight excluding hydrogens is 466 g/mol. The predicted molar refractivity (Wildman–Crippen MR) is 136 cm³/mol. The van der Waals surface area contributed by atoms with Crippen LogP contribution in [-0.4, -0.2) is 114 Å². The van der Waals surface area contributed by atoms with Crippen LogP contribution in [0.5, 0.6) is 0 Å². The highest BCUT2D eigenvalue weighted by atomic mass is 32.1. The number of nitrogen functional groups attached to an aromatic ring is 1. The second-order valence-corrected chi connectivity index (χ2v) is 10.2. The number of rotatable bonds is 6. The van der Waals surface area contributed by atoms with E-state index < -0.39 is 0 Å². The number of hydrogen-bond donors (Lipinski definition) is 1. The van der Waals surface area contributed by atoms with Crippen molar-refractivity contribution in [2.24, 2.45) is 0 Å². The topological polar surface area (TPSA) is 117 Å². The van der Waals surface area contributed by atoms with Gasteiger partial charge >= 0.3 is 0 Å². The Hall–Kier alpha value is -2.93. The zero-order valence-corrected chi connectivity index (χ0v) is 21.0. The highest BCUT2D eigenvalue weighted by Gasteiger charge is 2.23. The SMILES string of the molecule is CN(C)C(=O)CN1CCN(Cc2cc3nc(-c4cnc(N)nc4)nc(N4CCOCC4)c3s2)CC1. The number of anilines is 2. The number of nitrogens with two attached hydrogens (primary N) is 1. The second kappa shape index (κ2) is 10.4. The first kappa shape index (κ1) is 23.8. The standard InChI is InChI=1S/C23H31N9O2S/c1-29(2)19(33)15-31-5-3-30(4-6-31)14-17-11-18-20(35-17)22(32-7-9-34-10-8-32)28-21(27-18)16-12-25-23(24)26-13-16/h11-13H,3-10,14-15H2,1-2H3,(H2,24,25,26). The van der Waals surface area contributed by atoms with E-state index in [1.807, 2.05) is 0 Å². The number of thiophene rings is 1. The van der Waals surface area contributed by atoms with E-state index in [9.17, 15) is 4.79 Å². The lowest BCUT2D eigenvalue weighted by Gasteiger charge is -2.34. The van der Waals surface area contributed by atoms with Gasteiger partial charge in [-0.05, 0) is 6.07 Å². The first-order valence-electron chi connectivity index (χ1n) is 11.8. The van der Waals surface area contributed by atoms with Crippen LogP contribution >= 0.6 is 11.3 Å². The Morgan fingerprint density at radius 3 is 2.43 bits per heavy atom. The maximum Gasteiger partial charge on any atom is 0.236 e. The minimum Gasteiger partial charge on any atom is -0.378 e. The molecule has 2 fully saturated rings. The van der Waals surface area contributed by atoms with Gasteiger partial charge in [-0.2, -0.15) is 0 Å². The second-order valence-electron chi connectivity index (χ2n) is 9.07. The number of ether oxygens (including phenoxy) is 1. The maximum absolute atomic E-state index is 12.0. The molecule has 0 aromatic carbocycles. The first-order chi connectivity index (χ1) is 17.0. The Morgan fingerprint density at radius 1 is 1.06 bits per heavy atom. The molecule has 5 heterocycles. The van der Waals surface area contributed by atoms with Crippen molar-refractivity contribution < 1.29 is 9.53 Å². The summed E-state index contributed by atoms with van der Waals surface area (Å²) in [5, 5.41) is 0. The van der Waals surface area contributed by atoms with Crippen molar-refractivity contribution in [2.45, 2.75) is 6.54 Å². The smallest absolute Gasteiger partial charge is 0.236 e. The summed E-state index contributed by atoms with van der Waals surface area (Å²) >= 11 is 1.76. The van der Waals surface area contributed by atoms with Gasteiger partial charge in [-0.25, -0.2) is 19.9 Å². The van der Waals surface area contributed by atoms with Crippen LogP contribution in [0.15, 0.2) is 18.5 Å². The fourth-order valence-electron chi connectivity index (χ4n) is 4.27. The number of likely N-dealkylation sites (N-methyl/N-ethyl adjacent to an activating group) is 1. The van der Waals surface area contributed by atoms with Gasteiger partial charge in [-0.15, -0.1) is 11.3 Å². The molecule has 35 heavy (non-hydrogen) atoms. The van der Waals surface area contributed by atoms with Crippen LogP contribution in [0.2, 0.25) is 0 Å². The van der Waals surface area contributed by atoms with E-state index in [1.165, 1.54) is 4.88 Å².